The number of fused-ring (bicyclic) bond motifs is 1. The van der Waals surface area contributed by atoms with Crippen molar-refractivity contribution in [3.05, 3.63) is 41.2 Å². The van der Waals surface area contributed by atoms with Crippen LogP contribution in [-0.4, -0.2) is 27.0 Å². The van der Waals surface area contributed by atoms with E-state index in [-0.39, 0.29) is 11.7 Å². The highest BCUT2D eigenvalue weighted by Crippen LogP contribution is 2.31. The van der Waals surface area contributed by atoms with Crippen molar-refractivity contribution < 1.29 is 14.4 Å². The Morgan fingerprint density at radius 3 is 3.00 bits per heavy atom. The average molecular weight is 290 g/mol. The van der Waals surface area contributed by atoms with Gasteiger partial charge in [0.05, 0.1) is 0 Å². The minimum Gasteiger partial charge on any atom is -0.481 e. The van der Waals surface area contributed by atoms with Crippen molar-refractivity contribution in [2.24, 2.45) is 0 Å². The third kappa shape index (κ3) is 2.85. The standard InChI is InChI=1S/C14H14N2O3S/c17-12(18)8-20-14-15-13(16-19-14)11-6-5-9-3-1-2-4-10(9)7-11/h1-4,11H,5-8H2,(H,17,18). The molecule has 1 aliphatic carbocycles. The quantitative estimate of drug-likeness (QED) is 0.872. The average Bonchev–Trinajstić information content (AvgIpc) is 2.93. The highest BCUT2D eigenvalue weighted by atomic mass is 32.2. The highest BCUT2D eigenvalue weighted by molar-refractivity contribution is 7.99. The number of benzene rings is 1. The van der Waals surface area contributed by atoms with Gasteiger partial charge in [-0.05, 0) is 30.4 Å². The molecule has 1 N–H and O–H groups in total. The molecule has 1 aromatic carbocycles. The van der Waals surface area contributed by atoms with Gasteiger partial charge < -0.3 is 9.63 Å². The van der Waals surface area contributed by atoms with Gasteiger partial charge in [0.15, 0.2) is 5.82 Å². The van der Waals surface area contributed by atoms with Crippen molar-refractivity contribution in [2.75, 3.05) is 5.75 Å². The molecule has 6 heteroatoms. The number of carbonyl (C=O) groups is 1. The van der Waals surface area contributed by atoms with Crippen LogP contribution in [0.2, 0.25) is 0 Å². The fourth-order valence-electron chi connectivity index (χ4n) is 2.49. The summed E-state index contributed by atoms with van der Waals surface area (Å²) in [4.78, 5) is 14.8. The molecule has 1 atom stereocenters. The Morgan fingerprint density at radius 1 is 1.40 bits per heavy atom. The van der Waals surface area contributed by atoms with Crippen molar-refractivity contribution in [1.82, 2.24) is 10.1 Å². The summed E-state index contributed by atoms with van der Waals surface area (Å²) < 4.78 is 5.09. The molecule has 104 valence electrons. The molecule has 2 aromatic rings. The zero-order valence-electron chi connectivity index (χ0n) is 10.8. The summed E-state index contributed by atoms with van der Waals surface area (Å²) in [6.07, 6.45) is 2.94. The smallest absolute Gasteiger partial charge is 0.314 e. The third-order valence-corrected chi connectivity index (χ3v) is 4.26. The number of aliphatic carboxylic acids is 1. The van der Waals surface area contributed by atoms with Crippen molar-refractivity contribution >= 4 is 17.7 Å². The van der Waals surface area contributed by atoms with Gasteiger partial charge in [-0.1, -0.05) is 41.2 Å². The second-order valence-electron chi connectivity index (χ2n) is 4.81. The predicted molar refractivity (Wildman–Crippen MR) is 73.9 cm³/mol. The number of thioether (sulfide) groups is 1. The Morgan fingerprint density at radius 2 is 2.20 bits per heavy atom. The van der Waals surface area contributed by atoms with Crippen LogP contribution in [0.15, 0.2) is 34.0 Å². The molecule has 0 aliphatic heterocycles. The molecular formula is C14H14N2O3S. The van der Waals surface area contributed by atoms with E-state index in [4.69, 9.17) is 9.63 Å². The molecule has 1 aliphatic rings. The van der Waals surface area contributed by atoms with E-state index >= 15 is 0 Å². The molecule has 5 nitrogen and oxygen atoms in total. The lowest BCUT2D eigenvalue weighted by Gasteiger charge is -2.21. The van der Waals surface area contributed by atoms with E-state index in [2.05, 4.69) is 28.3 Å². The Balaban J connectivity index is 1.70. The van der Waals surface area contributed by atoms with Crippen LogP contribution in [0.25, 0.3) is 0 Å². The number of rotatable bonds is 4. The highest BCUT2D eigenvalue weighted by Gasteiger charge is 2.24. The number of nitrogens with zero attached hydrogens (tertiary/aromatic N) is 2. The van der Waals surface area contributed by atoms with E-state index in [1.165, 1.54) is 11.1 Å². The number of carboxylic acids is 1. The van der Waals surface area contributed by atoms with E-state index in [1.54, 1.807) is 0 Å². The van der Waals surface area contributed by atoms with Gasteiger partial charge >= 0.3 is 5.97 Å². The fourth-order valence-corrected chi connectivity index (χ4v) is 2.98. The topological polar surface area (TPSA) is 76.2 Å². The zero-order chi connectivity index (χ0) is 13.9. The van der Waals surface area contributed by atoms with Gasteiger partial charge in [-0.15, -0.1) is 0 Å². The van der Waals surface area contributed by atoms with Gasteiger partial charge in [0.1, 0.15) is 5.75 Å². The number of hydrogen-bond acceptors (Lipinski definition) is 5. The van der Waals surface area contributed by atoms with Gasteiger partial charge in [-0.3, -0.25) is 4.79 Å². The van der Waals surface area contributed by atoms with Crippen LogP contribution in [0.4, 0.5) is 0 Å². The van der Waals surface area contributed by atoms with E-state index in [1.807, 2.05) is 6.07 Å². The summed E-state index contributed by atoms with van der Waals surface area (Å²) in [6.45, 7) is 0. The lowest BCUT2D eigenvalue weighted by atomic mass is 9.83. The SMILES string of the molecule is O=C(O)CSc1nc(C2CCc3ccccc3C2)no1. The Kier molecular flexibility index (Phi) is 3.73. The van der Waals surface area contributed by atoms with E-state index in [9.17, 15) is 4.79 Å². The largest absolute Gasteiger partial charge is 0.481 e. The van der Waals surface area contributed by atoms with E-state index < -0.39 is 5.97 Å². The lowest BCUT2D eigenvalue weighted by Crippen LogP contribution is -2.13. The zero-order valence-corrected chi connectivity index (χ0v) is 11.6. The molecular weight excluding hydrogens is 276 g/mol. The van der Waals surface area contributed by atoms with E-state index in [0.29, 0.717) is 11.0 Å². The van der Waals surface area contributed by atoms with Crippen LogP contribution in [0, 0.1) is 0 Å². The summed E-state index contributed by atoms with van der Waals surface area (Å²) in [5.41, 5.74) is 2.74. The Bertz CT molecular complexity index is 626. The monoisotopic (exact) mass is 290 g/mol. The van der Waals surface area contributed by atoms with Crippen molar-refractivity contribution in [3.8, 4) is 0 Å². The molecule has 0 bridgehead atoms. The van der Waals surface area contributed by atoms with Gasteiger partial charge in [-0.25, -0.2) is 0 Å². The predicted octanol–water partition coefficient (Wildman–Crippen LogP) is 2.52. The lowest BCUT2D eigenvalue weighted by molar-refractivity contribution is -0.133. The van der Waals surface area contributed by atoms with Crippen LogP contribution in [-0.2, 0) is 17.6 Å². The van der Waals surface area contributed by atoms with Gasteiger partial charge in [0, 0.05) is 5.92 Å². The maximum Gasteiger partial charge on any atom is 0.314 e. The van der Waals surface area contributed by atoms with Crippen molar-refractivity contribution in [1.29, 1.82) is 0 Å². The number of aryl methyl sites for hydroxylation is 1. The molecule has 0 saturated heterocycles. The fraction of sp³-hybridized carbons (Fsp3) is 0.357. The van der Waals surface area contributed by atoms with Crippen molar-refractivity contribution in [2.45, 2.75) is 30.4 Å². The first kappa shape index (κ1) is 13.2. The molecule has 0 radical (unpaired) electrons. The molecule has 20 heavy (non-hydrogen) atoms. The first-order valence-corrected chi connectivity index (χ1v) is 7.46. The van der Waals surface area contributed by atoms with Crippen LogP contribution in [0.1, 0.15) is 29.3 Å². The van der Waals surface area contributed by atoms with Crippen LogP contribution < -0.4 is 0 Å². The van der Waals surface area contributed by atoms with Crippen LogP contribution >= 0.6 is 11.8 Å². The summed E-state index contributed by atoms with van der Waals surface area (Å²) in [6, 6.07) is 8.41. The molecule has 1 heterocycles. The van der Waals surface area contributed by atoms with Crippen LogP contribution in [0.5, 0.6) is 0 Å². The van der Waals surface area contributed by atoms with Gasteiger partial charge in [0.2, 0.25) is 0 Å². The molecule has 0 fully saturated rings. The minimum atomic E-state index is -0.888. The molecule has 1 aromatic heterocycles. The normalized spacial score (nSPS) is 17.7. The second kappa shape index (κ2) is 5.66. The Labute approximate surface area is 120 Å². The van der Waals surface area contributed by atoms with Gasteiger partial charge in [0.25, 0.3) is 5.22 Å². The summed E-state index contributed by atoms with van der Waals surface area (Å²) in [5, 5.41) is 13.0. The summed E-state index contributed by atoms with van der Waals surface area (Å²) >= 11 is 1.06. The molecule has 0 amide bonds. The Hall–Kier alpha value is -1.82. The maximum atomic E-state index is 10.5. The minimum absolute atomic E-state index is 0.0604. The molecule has 3 rings (SSSR count). The van der Waals surface area contributed by atoms with Crippen LogP contribution in [0.3, 0.4) is 0 Å². The molecule has 0 saturated carbocycles. The third-order valence-electron chi connectivity index (χ3n) is 3.45. The first-order chi connectivity index (χ1) is 9.72. The number of aromatic nitrogens is 2. The molecule has 0 spiro atoms. The summed E-state index contributed by atoms with van der Waals surface area (Å²) in [5.74, 6) is -0.00338. The summed E-state index contributed by atoms with van der Waals surface area (Å²) in [7, 11) is 0. The van der Waals surface area contributed by atoms with Gasteiger partial charge in [-0.2, -0.15) is 4.98 Å². The second-order valence-corrected chi connectivity index (χ2v) is 5.74. The first-order valence-electron chi connectivity index (χ1n) is 6.47. The van der Waals surface area contributed by atoms with E-state index in [0.717, 1.165) is 31.0 Å². The molecule has 1 unspecified atom stereocenters. The number of carboxylic acid groups (broad SMARTS) is 1. The van der Waals surface area contributed by atoms with Crippen molar-refractivity contribution in [3.63, 3.8) is 0 Å². The maximum absolute atomic E-state index is 10.5. The number of hydrogen-bond donors (Lipinski definition) is 1.